The first kappa shape index (κ1) is 17.8. The summed E-state index contributed by atoms with van der Waals surface area (Å²) < 4.78 is 0. The van der Waals surface area contributed by atoms with Gasteiger partial charge in [-0.15, -0.1) is 0 Å². The molecule has 1 saturated heterocycles. The molecule has 0 saturated carbocycles. The molecule has 1 aromatic heterocycles. The molecule has 0 radical (unpaired) electrons. The summed E-state index contributed by atoms with van der Waals surface area (Å²) in [5.41, 5.74) is 0.928. The van der Waals surface area contributed by atoms with E-state index in [2.05, 4.69) is 10.3 Å². The maximum Gasteiger partial charge on any atom is 0.311 e. The van der Waals surface area contributed by atoms with Crippen LogP contribution in [0.15, 0.2) is 36.4 Å². The van der Waals surface area contributed by atoms with Crippen LogP contribution in [0.2, 0.25) is 0 Å². The maximum absolute atomic E-state index is 11.5. The normalized spacial score (nSPS) is 14.9. The zero-order valence-corrected chi connectivity index (χ0v) is 14.4. The lowest BCUT2D eigenvalue weighted by Crippen LogP contribution is -2.36. The van der Waals surface area contributed by atoms with Crippen molar-refractivity contribution in [1.82, 2.24) is 4.98 Å². The molecule has 0 aliphatic carbocycles. The molecule has 1 fully saturated rings. The molecule has 1 aromatic carbocycles. The number of hydrogen-bond acceptors (Lipinski definition) is 7. The van der Waals surface area contributed by atoms with E-state index in [0.29, 0.717) is 43.0 Å². The van der Waals surface area contributed by atoms with Crippen molar-refractivity contribution in [3.05, 3.63) is 52.1 Å². The first-order chi connectivity index (χ1) is 12.4. The molecule has 1 aliphatic rings. The Balaban J connectivity index is 1.91. The lowest BCUT2D eigenvalue weighted by atomic mass is 10.1. The predicted octanol–water partition coefficient (Wildman–Crippen LogP) is 2.90. The van der Waals surface area contributed by atoms with E-state index in [-0.39, 0.29) is 23.4 Å². The van der Waals surface area contributed by atoms with Gasteiger partial charge in [-0.3, -0.25) is 14.9 Å². The van der Waals surface area contributed by atoms with Crippen LogP contribution in [0.4, 0.5) is 23.0 Å². The highest BCUT2D eigenvalue weighted by molar-refractivity contribution is 5.95. The number of aliphatic hydroxyl groups is 1. The van der Waals surface area contributed by atoms with Gasteiger partial charge in [-0.05, 0) is 38.0 Å². The summed E-state index contributed by atoms with van der Waals surface area (Å²) in [4.78, 5) is 28.8. The first-order valence-electron chi connectivity index (χ1n) is 8.40. The summed E-state index contributed by atoms with van der Waals surface area (Å²) in [6, 6.07) is 9.79. The number of carbonyl (C=O) groups is 1. The number of hydrogen-bond donors (Lipinski definition) is 2. The monoisotopic (exact) mass is 356 g/mol. The average molecular weight is 356 g/mol. The zero-order chi connectivity index (χ0) is 18.7. The fourth-order valence-electron chi connectivity index (χ4n) is 2.90. The number of Topliss-reactive ketones (excluding diaryl/α,β-unsaturated/α-hetero) is 1. The number of benzene rings is 1. The smallest absolute Gasteiger partial charge is 0.311 e. The van der Waals surface area contributed by atoms with E-state index in [4.69, 9.17) is 0 Å². The van der Waals surface area contributed by atoms with Crippen LogP contribution < -0.4 is 10.2 Å². The minimum Gasteiger partial charge on any atom is -0.393 e. The van der Waals surface area contributed by atoms with Gasteiger partial charge in [0.15, 0.2) is 5.78 Å². The van der Waals surface area contributed by atoms with Gasteiger partial charge in [0.25, 0.3) is 0 Å². The fraction of sp³-hybridized carbons (Fsp3) is 0.333. The Hall–Kier alpha value is -3.00. The van der Waals surface area contributed by atoms with Crippen molar-refractivity contribution in [3.8, 4) is 0 Å². The molecule has 0 unspecified atom stereocenters. The maximum atomic E-state index is 11.5. The van der Waals surface area contributed by atoms with Gasteiger partial charge in [-0.2, -0.15) is 0 Å². The number of carbonyl (C=O) groups excluding carboxylic acids is 1. The number of nitro groups is 1. The SMILES string of the molecule is CC(=O)c1cccc(Nc2nc(N3CCC(O)CC3)ccc2[N+](=O)[O-])c1. The van der Waals surface area contributed by atoms with Crippen LogP contribution in [0.5, 0.6) is 0 Å². The van der Waals surface area contributed by atoms with Gasteiger partial charge in [0.2, 0.25) is 5.82 Å². The third kappa shape index (κ3) is 3.97. The third-order valence-electron chi connectivity index (χ3n) is 4.38. The minimum absolute atomic E-state index is 0.0864. The molecule has 2 heterocycles. The van der Waals surface area contributed by atoms with E-state index in [1.54, 1.807) is 30.3 Å². The summed E-state index contributed by atoms with van der Waals surface area (Å²) in [5, 5.41) is 23.9. The lowest BCUT2D eigenvalue weighted by molar-refractivity contribution is -0.384. The van der Waals surface area contributed by atoms with Crippen LogP contribution >= 0.6 is 0 Å². The number of nitrogens with zero attached hydrogens (tertiary/aromatic N) is 3. The van der Waals surface area contributed by atoms with E-state index in [1.165, 1.54) is 13.0 Å². The topological polar surface area (TPSA) is 109 Å². The van der Waals surface area contributed by atoms with Gasteiger partial charge in [-0.1, -0.05) is 12.1 Å². The van der Waals surface area contributed by atoms with Crippen LogP contribution in [-0.4, -0.2) is 40.0 Å². The van der Waals surface area contributed by atoms with Gasteiger partial charge >= 0.3 is 5.69 Å². The van der Waals surface area contributed by atoms with Gasteiger partial charge < -0.3 is 15.3 Å². The van der Waals surface area contributed by atoms with E-state index < -0.39 is 4.92 Å². The molecule has 0 amide bonds. The largest absolute Gasteiger partial charge is 0.393 e. The molecule has 2 aromatic rings. The van der Waals surface area contributed by atoms with Crippen LogP contribution in [0.25, 0.3) is 0 Å². The summed E-state index contributed by atoms with van der Waals surface area (Å²) in [5.74, 6) is 0.656. The van der Waals surface area contributed by atoms with Gasteiger partial charge in [-0.25, -0.2) is 4.98 Å². The third-order valence-corrected chi connectivity index (χ3v) is 4.38. The highest BCUT2D eigenvalue weighted by Gasteiger charge is 2.22. The van der Waals surface area contributed by atoms with Crippen molar-refractivity contribution in [2.75, 3.05) is 23.3 Å². The van der Waals surface area contributed by atoms with Crippen molar-refractivity contribution in [3.63, 3.8) is 0 Å². The standard InChI is InChI=1S/C18H20N4O4/c1-12(23)13-3-2-4-14(11-13)19-18-16(22(25)26)5-6-17(20-18)21-9-7-15(24)8-10-21/h2-6,11,15,24H,7-10H2,1H3,(H,19,20). The Bertz CT molecular complexity index is 832. The van der Waals surface area contributed by atoms with Crippen LogP contribution in [0, 0.1) is 10.1 Å². The first-order valence-corrected chi connectivity index (χ1v) is 8.40. The summed E-state index contributed by atoms with van der Waals surface area (Å²) in [6.07, 6.45) is 0.973. The molecule has 3 rings (SSSR count). The molecule has 2 N–H and O–H groups in total. The summed E-state index contributed by atoms with van der Waals surface area (Å²) in [6.45, 7) is 2.75. The minimum atomic E-state index is -0.492. The number of piperidine rings is 1. The Morgan fingerprint density at radius 1 is 1.31 bits per heavy atom. The second-order valence-electron chi connectivity index (χ2n) is 6.27. The number of rotatable bonds is 5. The lowest BCUT2D eigenvalue weighted by Gasteiger charge is -2.30. The number of aromatic nitrogens is 1. The molecular formula is C18H20N4O4. The van der Waals surface area contributed by atoms with Crippen LogP contribution in [-0.2, 0) is 0 Å². The summed E-state index contributed by atoms with van der Waals surface area (Å²) in [7, 11) is 0. The number of pyridine rings is 1. The zero-order valence-electron chi connectivity index (χ0n) is 14.4. The van der Waals surface area contributed by atoms with Crippen molar-refractivity contribution in [2.45, 2.75) is 25.9 Å². The molecule has 1 aliphatic heterocycles. The van der Waals surface area contributed by atoms with Gasteiger partial charge in [0, 0.05) is 30.4 Å². The molecule has 136 valence electrons. The van der Waals surface area contributed by atoms with Crippen molar-refractivity contribution >= 4 is 28.8 Å². The quantitative estimate of drug-likeness (QED) is 0.482. The molecule has 26 heavy (non-hydrogen) atoms. The molecule has 8 heteroatoms. The fourth-order valence-corrected chi connectivity index (χ4v) is 2.90. The number of anilines is 3. The summed E-state index contributed by atoms with van der Waals surface area (Å²) >= 11 is 0. The number of ketones is 1. The highest BCUT2D eigenvalue weighted by atomic mass is 16.6. The molecular weight excluding hydrogens is 336 g/mol. The predicted molar refractivity (Wildman–Crippen MR) is 98.1 cm³/mol. The molecule has 0 spiro atoms. The average Bonchev–Trinajstić information content (AvgIpc) is 2.62. The Kier molecular flexibility index (Phi) is 5.13. The van der Waals surface area contributed by atoms with Crippen LogP contribution in [0.3, 0.4) is 0 Å². The second-order valence-corrected chi connectivity index (χ2v) is 6.27. The number of nitrogens with one attached hydrogen (secondary N) is 1. The highest BCUT2D eigenvalue weighted by Crippen LogP contribution is 2.30. The van der Waals surface area contributed by atoms with E-state index in [0.717, 1.165) is 0 Å². The van der Waals surface area contributed by atoms with Crippen LogP contribution in [0.1, 0.15) is 30.1 Å². The van der Waals surface area contributed by atoms with Crippen molar-refractivity contribution < 1.29 is 14.8 Å². The Morgan fingerprint density at radius 3 is 2.69 bits per heavy atom. The van der Waals surface area contributed by atoms with Gasteiger partial charge in [0.1, 0.15) is 5.82 Å². The molecule has 0 bridgehead atoms. The van der Waals surface area contributed by atoms with Crippen molar-refractivity contribution in [1.29, 1.82) is 0 Å². The number of aliphatic hydroxyl groups excluding tert-OH is 1. The van der Waals surface area contributed by atoms with E-state index in [9.17, 15) is 20.0 Å². The van der Waals surface area contributed by atoms with Gasteiger partial charge in [0.05, 0.1) is 11.0 Å². The molecule has 0 atom stereocenters. The van der Waals surface area contributed by atoms with E-state index >= 15 is 0 Å². The Labute approximate surface area is 150 Å². The molecule has 8 nitrogen and oxygen atoms in total. The van der Waals surface area contributed by atoms with E-state index in [1.807, 2.05) is 4.90 Å². The Morgan fingerprint density at radius 2 is 2.04 bits per heavy atom. The van der Waals surface area contributed by atoms with Crippen molar-refractivity contribution in [2.24, 2.45) is 0 Å². The second kappa shape index (κ2) is 7.49.